The molecule has 0 aliphatic carbocycles. The maximum absolute atomic E-state index is 13.0. The van der Waals surface area contributed by atoms with Gasteiger partial charge in [-0.15, -0.1) is 10.2 Å². The largest absolute Gasteiger partial charge is 0.495 e. The molecule has 0 saturated carbocycles. The normalized spacial score (nSPS) is 14.4. The SMILES string of the molecule is COc1ccccc1N1CCN(c2nnc(Cc3ccc(F)cc3)s2)CC1. The van der Waals surface area contributed by atoms with Crippen LogP contribution >= 0.6 is 11.3 Å². The van der Waals surface area contributed by atoms with Gasteiger partial charge in [0.05, 0.1) is 12.8 Å². The average Bonchev–Trinajstić information content (AvgIpc) is 3.18. The Bertz CT molecular complexity index is 891. The molecular weight excluding hydrogens is 363 g/mol. The number of methoxy groups -OCH3 is 1. The lowest BCUT2D eigenvalue weighted by Crippen LogP contribution is -2.46. The van der Waals surface area contributed by atoms with Gasteiger partial charge in [-0.2, -0.15) is 0 Å². The van der Waals surface area contributed by atoms with E-state index in [-0.39, 0.29) is 5.82 Å². The Morgan fingerprint density at radius 1 is 0.963 bits per heavy atom. The molecule has 0 amide bonds. The molecule has 3 aromatic rings. The van der Waals surface area contributed by atoms with Gasteiger partial charge in [0, 0.05) is 32.6 Å². The zero-order valence-electron chi connectivity index (χ0n) is 15.1. The van der Waals surface area contributed by atoms with Gasteiger partial charge in [-0.3, -0.25) is 0 Å². The van der Waals surface area contributed by atoms with Crippen LogP contribution in [0.15, 0.2) is 48.5 Å². The van der Waals surface area contributed by atoms with E-state index >= 15 is 0 Å². The van der Waals surface area contributed by atoms with E-state index in [2.05, 4.69) is 26.1 Å². The maximum atomic E-state index is 13.0. The molecule has 2 heterocycles. The minimum Gasteiger partial charge on any atom is -0.495 e. The lowest BCUT2D eigenvalue weighted by Gasteiger charge is -2.36. The van der Waals surface area contributed by atoms with Gasteiger partial charge in [-0.25, -0.2) is 4.39 Å². The molecule has 1 fully saturated rings. The summed E-state index contributed by atoms with van der Waals surface area (Å²) in [4.78, 5) is 4.62. The minimum absolute atomic E-state index is 0.218. The highest BCUT2D eigenvalue weighted by molar-refractivity contribution is 7.15. The molecule has 0 atom stereocenters. The van der Waals surface area contributed by atoms with Crippen LogP contribution in [0.1, 0.15) is 10.6 Å². The monoisotopic (exact) mass is 384 g/mol. The van der Waals surface area contributed by atoms with E-state index in [9.17, 15) is 4.39 Å². The molecular formula is C20H21FN4OS. The fourth-order valence-electron chi connectivity index (χ4n) is 3.25. The number of nitrogens with zero attached hydrogens (tertiary/aromatic N) is 4. The molecule has 0 radical (unpaired) electrons. The van der Waals surface area contributed by atoms with Crippen molar-refractivity contribution in [2.24, 2.45) is 0 Å². The van der Waals surface area contributed by atoms with Crippen LogP contribution in [0, 0.1) is 5.82 Å². The zero-order chi connectivity index (χ0) is 18.6. The Morgan fingerprint density at radius 2 is 1.67 bits per heavy atom. The Kier molecular flexibility index (Phi) is 5.20. The summed E-state index contributed by atoms with van der Waals surface area (Å²) < 4.78 is 18.5. The summed E-state index contributed by atoms with van der Waals surface area (Å²) in [5, 5.41) is 10.6. The van der Waals surface area contributed by atoms with E-state index in [0.29, 0.717) is 6.42 Å². The van der Waals surface area contributed by atoms with Gasteiger partial charge in [-0.1, -0.05) is 35.6 Å². The summed E-state index contributed by atoms with van der Waals surface area (Å²) in [7, 11) is 1.71. The van der Waals surface area contributed by atoms with Gasteiger partial charge in [-0.05, 0) is 29.8 Å². The zero-order valence-corrected chi connectivity index (χ0v) is 16.0. The topological polar surface area (TPSA) is 41.5 Å². The Balaban J connectivity index is 1.38. The number of anilines is 2. The van der Waals surface area contributed by atoms with Crippen molar-refractivity contribution in [3.8, 4) is 5.75 Å². The number of benzene rings is 2. The number of aromatic nitrogens is 2. The average molecular weight is 384 g/mol. The molecule has 0 unspecified atom stereocenters. The molecule has 1 aliphatic rings. The first-order valence-electron chi connectivity index (χ1n) is 8.92. The lowest BCUT2D eigenvalue weighted by molar-refractivity contribution is 0.413. The summed E-state index contributed by atoms with van der Waals surface area (Å²) in [5.41, 5.74) is 2.18. The predicted molar refractivity (Wildman–Crippen MR) is 107 cm³/mol. The van der Waals surface area contributed by atoms with Gasteiger partial charge in [0.2, 0.25) is 5.13 Å². The first kappa shape index (κ1) is 17.7. The summed E-state index contributed by atoms with van der Waals surface area (Å²) in [6.45, 7) is 3.60. The number of para-hydroxylation sites is 2. The van der Waals surface area contributed by atoms with Crippen molar-refractivity contribution in [3.63, 3.8) is 0 Å². The number of hydrogen-bond acceptors (Lipinski definition) is 6. The highest BCUT2D eigenvalue weighted by atomic mass is 32.1. The van der Waals surface area contributed by atoms with E-state index in [1.54, 1.807) is 30.6 Å². The molecule has 1 aliphatic heterocycles. The van der Waals surface area contributed by atoms with Crippen LogP contribution in [-0.2, 0) is 6.42 Å². The maximum Gasteiger partial charge on any atom is 0.208 e. The quantitative estimate of drug-likeness (QED) is 0.672. The molecule has 4 rings (SSSR count). The van der Waals surface area contributed by atoms with Crippen LogP contribution < -0.4 is 14.5 Å². The van der Waals surface area contributed by atoms with E-state index in [1.165, 1.54) is 12.1 Å². The third-order valence-corrected chi connectivity index (χ3v) is 5.68. The van der Waals surface area contributed by atoms with Gasteiger partial charge >= 0.3 is 0 Å². The Hall–Kier alpha value is -2.67. The molecule has 0 bridgehead atoms. The van der Waals surface area contributed by atoms with Gasteiger partial charge in [0.15, 0.2) is 0 Å². The van der Waals surface area contributed by atoms with Crippen molar-refractivity contribution >= 4 is 22.2 Å². The fraction of sp³-hybridized carbons (Fsp3) is 0.300. The first-order chi connectivity index (χ1) is 13.2. The van der Waals surface area contributed by atoms with E-state index in [1.807, 2.05) is 18.2 Å². The molecule has 5 nitrogen and oxygen atoms in total. The Labute approximate surface area is 162 Å². The van der Waals surface area contributed by atoms with Crippen LogP contribution in [0.3, 0.4) is 0 Å². The van der Waals surface area contributed by atoms with Crippen molar-refractivity contribution in [2.45, 2.75) is 6.42 Å². The summed E-state index contributed by atoms with van der Waals surface area (Å²) >= 11 is 1.61. The van der Waals surface area contributed by atoms with Gasteiger partial charge < -0.3 is 14.5 Å². The van der Waals surface area contributed by atoms with Crippen molar-refractivity contribution in [1.29, 1.82) is 0 Å². The van der Waals surface area contributed by atoms with Crippen molar-refractivity contribution in [3.05, 3.63) is 64.9 Å². The van der Waals surface area contributed by atoms with Crippen LogP contribution in [0.25, 0.3) is 0 Å². The highest BCUT2D eigenvalue weighted by Crippen LogP contribution is 2.30. The predicted octanol–water partition coefficient (Wildman–Crippen LogP) is 3.60. The second-order valence-electron chi connectivity index (χ2n) is 6.43. The smallest absolute Gasteiger partial charge is 0.208 e. The van der Waals surface area contributed by atoms with Crippen molar-refractivity contribution in [1.82, 2.24) is 10.2 Å². The van der Waals surface area contributed by atoms with Crippen LogP contribution in [0.5, 0.6) is 5.75 Å². The van der Waals surface area contributed by atoms with Crippen molar-refractivity contribution in [2.75, 3.05) is 43.1 Å². The molecule has 140 valence electrons. The van der Waals surface area contributed by atoms with E-state index < -0.39 is 0 Å². The fourth-order valence-corrected chi connectivity index (χ4v) is 4.18. The molecule has 1 aromatic heterocycles. The second-order valence-corrected chi connectivity index (χ2v) is 7.47. The first-order valence-corrected chi connectivity index (χ1v) is 9.74. The molecule has 1 saturated heterocycles. The van der Waals surface area contributed by atoms with E-state index in [4.69, 9.17) is 4.74 Å². The van der Waals surface area contributed by atoms with Gasteiger partial charge in [0.25, 0.3) is 0 Å². The lowest BCUT2D eigenvalue weighted by atomic mass is 10.2. The minimum atomic E-state index is -0.218. The standard InChI is InChI=1S/C20H21FN4OS/c1-26-18-5-3-2-4-17(18)24-10-12-25(13-11-24)20-23-22-19(27-20)14-15-6-8-16(21)9-7-15/h2-9H,10-14H2,1H3. The third kappa shape index (κ3) is 4.03. The number of ether oxygens (including phenoxy) is 1. The Morgan fingerprint density at radius 3 is 2.41 bits per heavy atom. The van der Waals surface area contributed by atoms with Crippen LogP contribution in [0.2, 0.25) is 0 Å². The van der Waals surface area contributed by atoms with Gasteiger partial charge in [0.1, 0.15) is 16.6 Å². The number of halogens is 1. The number of rotatable bonds is 5. The summed E-state index contributed by atoms with van der Waals surface area (Å²) in [6.07, 6.45) is 0.680. The number of piperazine rings is 1. The molecule has 2 aromatic carbocycles. The molecule has 7 heteroatoms. The van der Waals surface area contributed by atoms with E-state index in [0.717, 1.165) is 53.3 Å². The number of hydrogen-bond donors (Lipinski definition) is 0. The molecule has 27 heavy (non-hydrogen) atoms. The van der Waals surface area contributed by atoms with Crippen molar-refractivity contribution < 1.29 is 9.13 Å². The van der Waals surface area contributed by atoms with Crippen LogP contribution in [-0.4, -0.2) is 43.5 Å². The summed E-state index contributed by atoms with van der Waals surface area (Å²) in [6, 6.07) is 14.7. The summed E-state index contributed by atoms with van der Waals surface area (Å²) in [5.74, 6) is 0.688. The molecule has 0 N–H and O–H groups in total. The highest BCUT2D eigenvalue weighted by Gasteiger charge is 2.22. The van der Waals surface area contributed by atoms with Crippen LogP contribution in [0.4, 0.5) is 15.2 Å². The second kappa shape index (κ2) is 7.92. The molecule has 0 spiro atoms. The third-order valence-electron chi connectivity index (χ3n) is 4.70.